The Hall–Kier alpha value is -3.53. The SMILES string of the molecule is Cc1cccc(-c2nc(C(=O)Nc3cc4cc(CCC5(O)COC5)nn4cc3C(C)(C)O)co2)c1. The molecule has 0 atom stereocenters. The van der Waals surface area contributed by atoms with Crippen molar-refractivity contribution in [2.75, 3.05) is 18.5 Å². The number of anilines is 1. The van der Waals surface area contributed by atoms with E-state index < -0.39 is 17.1 Å². The van der Waals surface area contributed by atoms with Crippen LogP contribution < -0.4 is 5.32 Å². The molecular weight excluding hydrogens is 448 g/mol. The fourth-order valence-electron chi connectivity index (χ4n) is 4.12. The molecule has 1 aliphatic rings. The fourth-order valence-corrected chi connectivity index (χ4v) is 4.12. The van der Waals surface area contributed by atoms with Gasteiger partial charge < -0.3 is 24.7 Å². The average molecular weight is 477 g/mol. The van der Waals surface area contributed by atoms with Crippen LogP contribution in [0.3, 0.4) is 0 Å². The topological polar surface area (TPSA) is 122 Å². The molecule has 1 fully saturated rings. The number of carbonyl (C=O) groups is 1. The summed E-state index contributed by atoms with van der Waals surface area (Å²) in [6.07, 6.45) is 4.16. The van der Waals surface area contributed by atoms with Crippen molar-refractivity contribution in [3.05, 3.63) is 71.4 Å². The van der Waals surface area contributed by atoms with E-state index in [9.17, 15) is 15.0 Å². The Morgan fingerprint density at radius 3 is 2.74 bits per heavy atom. The number of pyridine rings is 1. The van der Waals surface area contributed by atoms with Crippen molar-refractivity contribution in [1.82, 2.24) is 14.6 Å². The Balaban J connectivity index is 1.40. The molecule has 0 spiro atoms. The minimum atomic E-state index is -1.24. The summed E-state index contributed by atoms with van der Waals surface area (Å²) < 4.78 is 12.3. The molecule has 0 saturated carbocycles. The number of aryl methyl sites for hydroxylation is 2. The molecule has 35 heavy (non-hydrogen) atoms. The number of aliphatic hydroxyl groups is 2. The fraction of sp³-hybridized carbons (Fsp3) is 0.346. The number of ether oxygens (including phenoxy) is 1. The number of nitrogens with zero attached hydrogens (tertiary/aromatic N) is 3. The maximum Gasteiger partial charge on any atom is 0.277 e. The van der Waals surface area contributed by atoms with Crippen molar-refractivity contribution in [3.63, 3.8) is 0 Å². The van der Waals surface area contributed by atoms with Crippen molar-refractivity contribution in [1.29, 1.82) is 0 Å². The van der Waals surface area contributed by atoms with Gasteiger partial charge in [-0.2, -0.15) is 5.10 Å². The molecule has 1 aromatic carbocycles. The van der Waals surface area contributed by atoms with Gasteiger partial charge in [-0.25, -0.2) is 9.50 Å². The molecule has 0 unspecified atom stereocenters. The number of amides is 1. The summed E-state index contributed by atoms with van der Waals surface area (Å²) in [6, 6.07) is 11.3. The molecule has 5 rings (SSSR count). The highest BCUT2D eigenvalue weighted by Crippen LogP contribution is 2.31. The number of rotatable bonds is 7. The zero-order valence-electron chi connectivity index (χ0n) is 19.9. The van der Waals surface area contributed by atoms with Crippen LogP contribution in [0.15, 0.2) is 53.3 Å². The molecule has 3 N–H and O–H groups in total. The van der Waals surface area contributed by atoms with Gasteiger partial charge in [-0.15, -0.1) is 0 Å². The summed E-state index contributed by atoms with van der Waals surface area (Å²) in [4.78, 5) is 17.4. The summed E-state index contributed by atoms with van der Waals surface area (Å²) in [5, 5.41) is 28.5. The molecule has 4 heterocycles. The van der Waals surface area contributed by atoms with Crippen LogP contribution in [-0.4, -0.2) is 49.5 Å². The lowest BCUT2D eigenvalue weighted by molar-refractivity contribution is -0.180. The summed E-state index contributed by atoms with van der Waals surface area (Å²) in [6.45, 7) is 5.94. The van der Waals surface area contributed by atoms with E-state index in [-0.39, 0.29) is 5.69 Å². The molecule has 9 nitrogen and oxygen atoms in total. The zero-order chi connectivity index (χ0) is 24.8. The highest BCUT2D eigenvalue weighted by molar-refractivity contribution is 6.03. The first-order chi connectivity index (χ1) is 16.6. The Labute approximate surface area is 202 Å². The van der Waals surface area contributed by atoms with E-state index in [0.717, 1.165) is 22.3 Å². The predicted octanol–water partition coefficient (Wildman–Crippen LogP) is 3.47. The molecule has 3 aromatic heterocycles. The van der Waals surface area contributed by atoms with Crippen molar-refractivity contribution < 1.29 is 24.2 Å². The van der Waals surface area contributed by atoms with Crippen molar-refractivity contribution in [2.45, 2.75) is 44.8 Å². The largest absolute Gasteiger partial charge is 0.444 e. The van der Waals surface area contributed by atoms with Crippen LogP contribution in [0.1, 0.15) is 47.6 Å². The minimum absolute atomic E-state index is 0.133. The quantitative estimate of drug-likeness (QED) is 0.373. The standard InChI is InChI=1S/C26H28N4O5/c1-16-5-4-6-17(9-16)24-28-22(13-35-24)23(31)27-21-11-19-10-18(7-8-26(33)14-34-15-26)29-30(19)12-20(21)25(2,3)32/h4-6,9-13,32-33H,7-8,14-15H2,1-3H3,(H,27,31). The van der Waals surface area contributed by atoms with Gasteiger partial charge in [-0.3, -0.25) is 4.79 Å². The van der Waals surface area contributed by atoms with E-state index in [0.29, 0.717) is 43.2 Å². The molecular formula is C26H28N4O5. The van der Waals surface area contributed by atoms with Crippen molar-refractivity contribution in [2.24, 2.45) is 0 Å². The van der Waals surface area contributed by atoms with Gasteiger partial charge in [0.1, 0.15) is 11.9 Å². The Kier molecular flexibility index (Phi) is 5.71. The van der Waals surface area contributed by atoms with Crippen LogP contribution >= 0.6 is 0 Å². The van der Waals surface area contributed by atoms with Crippen LogP contribution in [0.4, 0.5) is 5.69 Å². The summed E-state index contributed by atoms with van der Waals surface area (Å²) in [5.74, 6) is -0.0922. The van der Waals surface area contributed by atoms with E-state index >= 15 is 0 Å². The first-order valence-electron chi connectivity index (χ1n) is 11.5. The van der Waals surface area contributed by atoms with Crippen LogP contribution in [-0.2, 0) is 16.8 Å². The summed E-state index contributed by atoms with van der Waals surface area (Å²) in [7, 11) is 0. The second-order valence-electron chi connectivity index (χ2n) is 9.74. The molecule has 1 aliphatic heterocycles. The average Bonchev–Trinajstić information content (AvgIpc) is 3.42. The lowest BCUT2D eigenvalue weighted by Crippen LogP contribution is -2.49. The van der Waals surface area contributed by atoms with E-state index in [4.69, 9.17) is 9.15 Å². The van der Waals surface area contributed by atoms with Gasteiger partial charge in [0.25, 0.3) is 5.91 Å². The van der Waals surface area contributed by atoms with Gasteiger partial charge in [0.2, 0.25) is 5.89 Å². The maximum atomic E-state index is 13.0. The van der Waals surface area contributed by atoms with Crippen molar-refractivity contribution >= 4 is 17.1 Å². The molecule has 1 saturated heterocycles. The first kappa shape index (κ1) is 23.2. The maximum absolute atomic E-state index is 13.0. The molecule has 0 aliphatic carbocycles. The highest BCUT2D eigenvalue weighted by Gasteiger charge is 2.35. The third kappa shape index (κ3) is 4.84. The zero-order valence-corrected chi connectivity index (χ0v) is 19.9. The summed E-state index contributed by atoms with van der Waals surface area (Å²) >= 11 is 0. The molecule has 9 heteroatoms. The van der Waals surface area contributed by atoms with Gasteiger partial charge in [0.15, 0.2) is 5.69 Å². The van der Waals surface area contributed by atoms with E-state index in [1.54, 1.807) is 30.6 Å². The van der Waals surface area contributed by atoms with E-state index in [2.05, 4.69) is 15.4 Å². The first-order valence-corrected chi connectivity index (χ1v) is 11.5. The second kappa shape index (κ2) is 8.60. The minimum Gasteiger partial charge on any atom is -0.444 e. The third-order valence-electron chi connectivity index (χ3n) is 6.15. The van der Waals surface area contributed by atoms with Gasteiger partial charge in [-0.05, 0) is 57.9 Å². The Bertz CT molecular complexity index is 1390. The highest BCUT2D eigenvalue weighted by atomic mass is 16.5. The molecule has 182 valence electrons. The smallest absolute Gasteiger partial charge is 0.277 e. The Morgan fingerprint density at radius 1 is 1.26 bits per heavy atom. The summed E-state index contributed by atoms with van der Waals surface area (Å²) in [5.41, 5.74) is 2.45. The van der Waals surface area contributed by atoms with Gasteiger partial charge in [-0.1, -0.05) is 17.7 Å². The number of carbonyl (C=O) groups excluding carboxylic acids is 1. The van der Waals surface area contributed by atoms with E-state index in [1.807, 2.05) is 37.3 Å². The molecule has 0 bridgehead atoms. The third-order valence-corrected chi connectivity index (χ3v) is 6.15. The number of hydrogen-bond acceptors (Lipinski definition) is 7. The van der Waals surface area contributed by atoms with Crippen LogP contribution in [0.5, 0.6) is 0 Å². The second-order valence-corrected chi connectivity index (χ2v) is 9.74. The van der Waals surface area contributed by atoms with Crippen LogP contribution in [0.25, 0.3) is 17.0 Å². The molecule has 4 aromatic rings. The van der Waals surface area contributed by atoms with Crippen molar-refractivity contribution in [3.8, 4) is 11.5 Å². The lowest BCUT2D eigenvalue weighted by Gasteiger charge is -2.36. The predicted molar refractivity (Wildman–Crippen MR) is 129 cm³/mol. The van der Waals surface area contributed by atoms with Gasteiger partial charge >= 0.3 is 0 Å². The number of nitrogens with one attached hydrogen (secondary N) is 1. The van der Waals surface area contributed by atoms with Crippen LogP contribution in [0, 0.1) is 6.92 Å². The number of benzene rings is 1. The van der Waals surface area contributed by atoms with Gasteiger partial charge in [0.05, 0.1) is 35.7 Å². The van der Waals surface area contributed by atoms with Crippen LogP contribution in [0.2, 0.25) is 0 Å². The van der Waals surface area contributed by atoms with E-state index in [1.165, 1.54) is 6.26 Å². The molecule has 0 radical (unpaired) electrons. The monoisotopic (exact) mass is 476 g/mol. The van der Waals surface area contributed by atoms with Gasteiger partial charge in [0, 0.05) is 17.3 Å². The number of fused-ring (bicyclic) bond motifs is 1. The molecule has 1 amide bonds. The number of aromatic nitrogens is 3. The number of hydrogen-bond donors (Lipinski definition) is 3. The normalized spacial score (nSPS) is 15.2. The Morgan fingerprint density at radius 2 is 2.06 bits per heavy atom. The lowest BCUT2D eigenvalue weighted by atomic mass is 9.95. The number of oxazole rings is 1.